The van der Waals surface area contributed by atoms with Crippen LogP contribution in [0.25, 0.3) is 33.2 Å². The zero-order valence-electron chi connectivity index (χ0n) is 19.2. The lowest BCUT2D eigenvalue weighted by Crippen LogP contribution is -2.22. The molecule has 2 aromatic heterocycles. The van der Waals surface area contributed by atoms with Crippen LogP contribution >= 0.6 is 11.8 Å². The Hall–Kier alpha value is -3.78. The molecule has 34 heavy (non-hydrogen) atoms. The second kappa shape index (κ2) is 9.23. The standard InChI is InChI=1S/C26H25N5O2S/c1-4-31-22-8-6-5-7-20(22)21-15-18(11-14-23(21)31)27-25(32)16(2)34-26-28-24(29-30-26)17-9-12-19(33-3)13-10-17/h5-16H,4H2,1-3H3,(H,27,32)(H,28,29,30). The fourth-order valence-electron chi connectivity index (χ4n) is 4.10. The largest absolute Gasteiger partial charge is 0.497 e. The van der Waals surface area contributed by atoms with E-state index in [1.807, 2.05) is 49.4 Å². The van der Waals surface area contributed by atoms with E-state index in [4.69, 9.17) is 4.74 Å². The lowest BCUT2D eigenvalue weighted by molar-refractivity contribution is -0.115. The monoisotopic (exact) mass is 471 g/mol. The van der Waals surface area contributed by atoms with Crippen molar-refractivity contribution in [3.63, 3.8) is 0 Å². The number of aromatic amines is 1. The first-order valence-electron chi connectivity index (χ1n) is 11.1. The fourth-order valence-corrected chi connectivity index (χ4v) is 4.83. The second-order valence-corrected chi connectivity index (χ2v) is 9.25. The normalized spacial score (nSPS) is 12.2. The number of ether oxygens (including phenoxy) is 1. The summed E-state index contributed by atoms with van der Waals surface area (Å²) in [7, 11) is 1.63. The minimum atomic E-state index is -0.368. The Morgan fingerprint density at radius 2 is 1.85 bits per heavy atom. The van der Waals surface area contributed by atoms with Crippen LogP contribution in [0.4, 0.5) is 5.69 Å². The fraction of sp³-hybridized carbons (Fsp3) is 0.192. The number of carbonyl (C=O) groups excluding carboxylic acids is 1. The van der Waals surface area contributed by atoms with E-state index in [2.05, 4.69) is 56.3 Å². The minimum absolute atomic E-state index is 0.0978. The SMILES string of the molecule is CCn1c2ccccc2c2cc(NC(=O)C(C)Sc3n[nH]c(-c4ccc(OC)cc4)n3)ccc21. The Bertz CT molecular complexity index is 1470. The number of hydrogen-bond acceptors (Lipinski definition) is 5. The maximum Gasteiger partial charge on any atom is 0.237 e. The number of fused-ring (bicyclic) bond motifs is 3. The highest BCUT2D eigenvalue weighted by Gasteiger charge is 2.18. The molecular formula is C26H25N5O2S. The van der Waals surface area contributed by atoms with Crippen molar-refractivity contribution in [2.45, 2.75) is 30.8 Å². The highest BCUT2D eigenvalue weighted by Crippen LogP contribution is 2.31. The Morgan fingerprint density at radius 3 is 2.62 bits per heavy atom. The number of nitrogens with one attached hydrogen (secondary N) is 2. The molecule has 7 nitrogen and oxygen atoms in total. The van der Waals surface area contributed by atoms with Gasteiger partial charge in [-0.05, 0) is 62.4 Å². The van der Waals surface area contributed by atoms with Crippen molar-refractivity contribution in [3.8, 4) is 17.1 Å². The molecule has 3 aromatic carbocycles. The van der Waals surface area contributed by atoms with Gasteiger partial charge in [-0.1, -0.05) is 30.0 Å². The number of carbonyl (C=O) groups is 1. The topological polar surface area (TPSA) is 84.8 Å². The number of amides is 1. The minimum Gasteiger partial charge on any atom is -0.497 e. The summed E-state index contributed by atoms with van der Waals surface area (Å²) in [5.41, 5.74) is 4.04. The van der Waals surface area contributed by atoms with Crippen molar-refractivity contribution in [2.24, 2.45) is 0 Å². The van der Waals surface area contributed by atoms with Crippen molar-refractivity contribution < 1.29 is 9.53 Å². The van der Waals surface area contributed by atoms with Gasteiger partial charge in [0.15, 0.2) is 5.82 Å². The summed E-state index contributed by atoms with van der Waals surface area (Å²) in [5, 5.41) is 12.7. The van der Waals surface area contributed by atoms with E-state index in [-0.39, 0.29) is 11.2 Å². The number of nitrogens with zero attached hydrogens (tertiary/aromatic N) is 3. The van der Waals surface area contributed by atoms with E-state index >= 15 is 0 Å². The predicted octanol–water partition coefficient (Wildman–Crippen LogP) is 5.73. The quantitative estimate of drug-likeness (QED) is 0.296. The van der Waals surface area contributed by atoms with Crippen molar-refractivity contribution in [1.82, 2.24) is 19.7 Å². The Labute approximate surface area is 201 Å². The van der Waals surface area contributed by atoms with Gasteiger partial charge in [0, 0.05) is 39.6 Å². The zero-order chi connectivity index (χ0) is 23.7. The lowest BCUT2D eigenvalue weighted by atomic mass is 10.1. The van der Waals surface area contributed by atoms with Crippen LogP contribution in [0, 0.1) is 0 Å². The van der Waals surface area contributed by atoms with Crippen molar-refractivity contribution in [1.29, 1.82) is 0 Å². The van der Waals surface area contributed by atoms with Gasteiger partial charge < -0.3 is 14.6 Å². The molecule has 8 heteroatoms. The first-order valence-corrected chi connectivity index (χ1v) is 12.0. The number of aryl methyl sites for hydroxylation is 1. The number of para-hydroxylation sites is 1. The highest BCUT2D eigenvalue weighted by atomic mass is 32.2. The van der Waals surface area contributed by atoms with Gasteiger partial charge in [-0.3, -0.25) is 9.89 Å². The molecular weight excluding hydrogens is 446 g/mol. The number of H-pyrrole nitrogens is 1. The second-order valence-electron chi connectivity index (χ2n) is 7.94. The molecule has 0 fully saturated rings. The molecule has 0 spiro atoms. The number of methoxy groups -OCH3 is 1. The van der Waals surface area contributed by atoms with Crippen LogP contribution in [0.1, 0.15) is 13.8 Å². The highest BCUT2D eigenvalue weighted by molar-refractivity contribution is 8.00. The van der Waals surface area contributed by atoms with Gasteiger partial charge in [0.25, 0.3) is 0 Å². The van der Waals surface area contributed by atoms with Crippen LogP contribution in [0.2, 0.25) is 0 Å². The van der Waals surface area contributed by atoms with Crippen molar-refractivity contribution in [3.05, 3.63) is 66.7 Å². The predicted molar refractivity (Wildman–Crippen MR) is 137 cm³/mol. The summed E-state index contributed by atoms with van der Waals surface area (Å²) in [6, 6.07) is 22.0. The summed E-state index contributed by atoms with van der Waals surface area (Å²) < 4.78 is 7.48. The molecule has 5 rings (SSSR count). The number of hydrogen-bond donors (Lipinski definition) is 2. The average Bonchev–Trinajstić information content (AvgIpc) is 3.46. The van der Waals surface area contributed by atoms with Crippen LogP contribution < -0.4 is 10.1 Å². The summed E-state index contributed by atoms with van der Waals surface area (Å²) in [5.74, 6) is 1.33. The summed E-state index contributed by atoms with van der Waals surface area (Å²) >= 11 is 1.31. The Morgan fingerprint density at radius 1 is 1.09 bits per heavy atom. The van der Waals surface area contributed by atoms with Gasteiger partial charge in [0.1, 0.15) is 5.75 Å². The maximum atomic E-state index is 12.9. The van der Waals surface area contributed by atoms with Crippen LogP contribution in [0.5, 0.6) is 5.75 Å². The molecule has 0 aliphatic carbocycles. The molecule has 2 N–H and O–H groups in total. The number of anilines is 1. The molecule has 0 radical (unpaired) electrons. The molecule has 0 bridgehead atoms. The number of benzene rings is 3. The van der Waals surface area contributed by atoms with E-state index in [9.17, 15) is 4.79 Å². The van der Waals surface area contributed by atoms with Gasteiger partial charge in [-0.25, -0.2) is 4.98 Å². The molecule has 1 amide bonds. The van der Waals surface area contributed by atoms with E-state index in [0.717, 1.165) is 34.4 Å². The Kier molecular flexibility index (Phi) is 5.98. The molecule has 0 saturated carbocycles. The van der Waals surface area contributed by atoms with E-state index in [1.54, 1.807) is 7.11 Å². The molecule has 5 aromatic rings. The van der Waals surface area contributed by atoms with Crippen LogP contribution in [-0.2, 0) is 11.3 Å². The summed E-state index contributed by atoms with van der Waals surface area (Å²) in [6.45, 7) is 4.88. The average molecular weight is 472 g/mol. The smallest absolute Gasteiger partial charge is 0.237 e. The zero-order valence-corrected chi connectivity index (χ0v) is 20.0. The van der Waals surface area contributed by atoms with Gasteiger partial charge in [-0.2, -0.15) is 0 Å². The number of aromatic nitrogens is 4. The molecule has 1 atom stereocenters. The van der Waals surface area contributed by atoms with E-state index < -0.39 is 0 Å². The molecule has 1 unspecified atom stereocenters. The van der Waals surface area contributed by atoms with Gasteiger partial charge in [-0.15, -0.1) is 5.10 Å². The van der Waals surface area contributed by atoms with Crippen molar-refractivity contribution >= 4 is 45.2 Å². The molecule has 172 valence electrons. The maximum absolute atomic E-state index is 12.9. The Balaban J connectivity index is 1.30. The number of rotatable bonds is 7. The molecule has 0 aliphatic rings. The first kappa shape index (κ1) is 22.0. The summed E-state index contributed by atoms with van der Waals surface area (Å²) in [4.78, 5) is 17.4. The summed E-state index contributed by atoms with van der Waals surface area (Å²) in [6.07, 6.45) is 0. The van der Waals surface area contributed by atoms with E-state index in [0.29, 0.717) is 11.0 Å². The van der Waals surface area contributed by atoms with E-state index in [1.165, 1.54) is 22.7 Å². The van der Waals surface area contributed by atoms with Gasteiger partial charge >= 0.3 is 0 Å². The van der Waals surface area contributed by atoms with Crippen molar-refractivity contribution in [2.75, 3.05) is 12.4 Å². The van der Waals surface area contributed by atoms with Crippen LogP contribution in [0.15, 0.2) is 71.9 Å². The molecule has 2 heterocycles. The van der Waals surface area contributed by atoms with Crippen LogP contribution in [0.3, 0.4) is 0 Å². The lowest BCUT2D eigenvalue weighted by Gasteiger charge is -2.10. The van der Waals surface area contributed by atoms with Crippen LogP contribution in [-0.4, -0.2) is 38.0 Å². The number of thioether (sulfide) groups is 1. The molecule has 0 saturated heterocycles. The first-order chi connectivity index (χ1) is 16.6. The third-order valence-electron chi connectivity index (χ3n) is 5.84. The third kappa shape index (κ3) is 4.12. The third-order valence-corrected chi connectivity index (χ3v) is 6.80. The van der Waals surface area contributed by atoms with Gasteiger partial charge in [0.2, 0.25) is 11.1 Å². The van der Waals surface area contributed by atoms with Gasteiger partial charge in [0.05, 0.1) is 12.4 Å². The molecule has 0 aliphatic heterocycles.